The maximum Gasteiger partial charge on any atom is 0.174 e. The van der Waals surface area contributed by atoms with Crippen LogP contribution in [-0.4, -0.2) is 16.0 Å². The number of benzene rings is 1. The van der Waals surface area contributed by atoms with Crippen LogP contribution in [-0.2, 0) is 6.54 Å². The highest BCUT2D eigenvalue weighted by atomic mass is 19.1. The molecule has 3 rings (SSSR count). The quantitative estimate of drug-likeness (QED) is 0.801. The van der Waals surface area contributed by atoms with Crippen LogP contribution in [0.1, 0.15) is 12.6 Å². The molecule has 0 fully saturated rings. The number of ether oxygens (including phenoxy) is 1. The number of nitrogens with zero attached hydrogens (tertiary/aromatic N) is 2. The maximum absolute atomic E-state index is 13.9. The lowest BCUT2D eigenvalue weighted by Crippen LogP contribution is -2.02. The van der Waals surface area contributed by atoms with E-state index in [1.54, 1.807) is 16.7 Å². The van der Waals surface area contributed by atoms with Crippen molar-refractivity contribution in [3.63, 3.8) is 0 Å². The first-order valence-electron chi connectivity index (χ1n) is 6.83. The number of imidazole rings is 1. The van der Waals surface area contributed by atoms with Gasteiger partial charge in [-0.3, -0.25) is 4.40 Å². The SMILES string of the molecule is CCOc1ccc(-c2nc3c(F)cccn3c2CN)cc1. The highest BCUT2D eigenvalue weighted by Gasteiger charge is 2.15. The molecule has 0 atom stereocenters. The predicted molar refractivity (Wildman–Crippen MR) is 79.6 cm³/mol. The lowest BCUT2D eigenvalue weighted by molar-refractivity contribution is 0.340. The van der Waals surface area contributed by atoms with Crippen molar-refractivity contribution in [2.75, 3.05) is 6.61 Å². The summed E-state index contributed by atoms with van der Waals surface area (Å²) in [5.41, 5.74) is 8.49. The third-order valence-corrected chi connectivity index (χ3v) is 3.33. The van der Waals surface area contributed by atoms with Crippen LogP contribution in [0, 0.1) is 5.82 Å². The zero-order valence-electron chi connectivity index (χ0n) is 11.7. The van der Waals surface area contributed by atoms with E-state index in [-0.39, 0.29) is 12.4 Å². The van der Waals surface area contributed by atoms with Crippen LogP contribution < -0.4 is 10.5 Å². The minimum Gasteiger partial charge on any atom is -0.494 e. The fraction of sp³-hybridized carbons (Fsp3) is 0.188. The van der Waals surface area contributed by atoms with E-state index in [1.165, 1.54) is 6.07 Å². The van der Waals surface area contributed by atoms with Gasteiger partial charge in [0.2, 0.25) is 0 Å². The third kappa shape index (κ3) is 2.36. The summed E-state index contributed by atoms with van der Waals surface area (Å²) in [4.78, 5) is 4.40. The fourth-order valence-electron chi connectivity index (χ4n) is 2.39. The summed E-state index contributed by atoms with van der Waals surface area (Å²) in [6.07, 6.45) is 1.77. The van der Waals surface area contributed by atoms with Gasteiger partial charge in [0, 0.05) is 18.3 Å². The van der Waals surface area contributed by atoms with Crippen LogP contribution in [0.3, 0.4) is 0 Å². The van der Waals surface area contributed by atoms with E-state index in [0.29, 0.717) is 17.9 Å². The Morgan fingerprint density at radius 3 is 2.67 bits per heavy atom. The van der Waals surface area contributed by atoms with E-state index in [1.807, 2.05) is 31.2 Å². The molecule has 0 aliphatic rings. The Kier molecular flexibility index (Phi) is 3.58. The molecule has 0 radical (unpaired) electrons. The molecular weight excluding hydrogens is 269 g/mol. The van der Waals surface area contributed by atoms with Crippen LogP contribution in [0.4, 0.5) is 4.39 Å². The average Bonchev–Trinajstić information content (AvgIpc) is 2.88. The lowest BCUT2D eigenvalue weighted by Gasteiger charge is -2.05. The molecule has 108 valence electrons. The van der Waals surface area contributed by atoms with E-state index in [4.69, 9.17) is 10.5 Å². The Bertz CT molecular complexity index is 765. The first-order valence-corrected chi connectivity index (χ1v) is 6.83. The summed E-state index contributed by atoms with van der Waals surface area (Å²) in [7, 11) is 0. The van der Waals surface area contributed by atoms with Gasteiger partial charge in [0.25, 0.3) is 0 Å². The van der Waals surface area contributed by atoms with Crippen molar-refractivity contribution in [2.45, 2.75) is 13.5 Å². The summed E-state index contributed by atoms with van der Waals surface area (Å²) in [5, 5.41) is 0. The Labute approximate surface area is 122 Å². The minimum absolute atomic E-state index is 0.285. The molecule has 0 spiro atoms. The number of halogens is 1. The topological polar surface area (TPSA) is 52.5 Å². The summed E-state index contributed by atoms with van der Waals surface area (Å²) < 4.78 is 21.0. The lowest BCUT2D eigenvalue weighted by atomic mass is 10.1. The molecule has 0 saturated heterocycles. The summed E-state index contributed by atoms with van der Waals surface area (Å²) >= 11 is 0. The number of nitrogens with two attached hydrogens (primary N) is 1. The minimum atomic E-state index is -0.357. The molecule has 2 aromatic heterocycles. The second-order valence-corrected chi connectivity index (χ2v) is 4.62. The molecule has 0 aliphatic carbocycles. The number of aromatic nitrogens is 2. The van der Waals surface area contributed by atoms with E-state index < -0.39 is 0 Å². The van der Waals surface area contributed by atoms with Crippen LogP contribution >= 0.6 is 0 Å². The second kappa shape index (κ2) is 5.54. The number of rotatable bonds is 4. The Balaban J connectivity index is 2.13. The van der Waals surface area contributed by atoms with E-state index in [9.17, 15) is 4.39 Å². The molecule has 5 heteroatoms. The van der Waals surface area contributed by atoms with Crippen molar-refractivity contribution in [1.29, 1.82) is 0 Å². The maximum atomic E-state index is 13.9. The van der Waals surface area contributed by atoms with Crippen molar-refractivity contribution in [2.24, 2.45) is 5.73 Å². The van der Waals surface area contributed by atoms with Gasteiger partial charge < -0.3 is 10.5 Å². The van der Waals surface area contributed by atoms with Gasteiger partial charge in [-0.1, -0.05) is 0 Å². The molecule has 21 heavy (non-hydrogen) atoms. The van der Waals surface area contributed by atoms with E-state index in [2.05, 4.69) is 4.98 Å². The van der Waals surface area contributed by atoms with Crippen molar-refractivity contribution < 1.29 is 9.13 Å². The van der Waals surface area contributed by atoms with Crippen molar-refractivity contribution in [3.05, 3.63) is 54.1 Å². The molecule has 0 saturated carbocycles. The molecule has 0 aliphatic heterocycles. The molecule has 0 bridgehead atoms. The Morgan fingerprint density at radius 1 is 1.24 bits per heavy atom. The van der Waals surface area contributed by atoms with Gasteiger partial charge in [0.1, 0.15) is 5.75 Å². The summed E-state index contributed by atoms with van der Waals surface area (Å²) in [6.45, 7) is 2.84. The van der Waals surface area contributed by atoms with Crippen molar-refractivity contribution >= 4 is 5.65 Å². The molecule has 2 N–H and O–H groups in total. The monoisotopic (exact) mass is 285 g/mol. The zero-order chi connectivity index (χ0) is 14.8. The van der Waals surface area contributed by atoms with Gasteiger partial charge in [-0.15, -0.1) is 0 Å². The Morgan fingerprint density at radius 2 is 2.00 bits per heavy atom. The van der Waals surface area contributed by atoms with Gasteiger partial charge >= 0.3 is 0 Å². The molecule has 0 unspecified atom stereocenters. The number of fused-ring (bicyclic) bond motifs is 1. The second-order valence-electron chi connectivity index (χ2n) is 4.62. The van der Waals surface area contributed by atoms with Crippen molar-refractivity contribution in [3.8, 4) is 17.0 Å². The van der Waals surface area contributed by atoms with Crippen LogP contribution in [0.15, 0.2) is 42.6 Å². The molecule has 3 aromatic rings. The predicted octanol–water partition coefficient (Wildman–Crippen LogP) is 3.00. The zero-order valence-corrected chi connectivity index (χ0v) is 11.7. The normalized spacial score (nSPS) is 11.0. The van der Waals surface area contributed by atoms with Gasteiger partial charge in [-0.25, -0.2) is 9.37 Å². The molecule has 1 aromatic carbocycles. The number of hydrogen-bond acceptors (Lipinski definition) is 3. The summed E-state index contributed by atoms with van der Waals surface area (Å²) in [5.74, 6) is 0.440. The fourth-order valence-corrected chi connectivity index (χ4v) is 2.39. The molecule has 4 nitrogen and oxygen atoms in total. The van der Waals surface area contributed by atoms with Gasteiger partial charge in [0.15, 0.2) is 11.5 Å². The molecule has 2 heterocycles. The molecule has 0 amide bonds. The smallest absolute Gasteiger partial charge is 0.174 e. The van der Waals surface area contributed by atoms with Crippen LogP contribution in [0.25, 0.3) is 16.9 Å². The number of pyridine rings is 1. The standard InChI is InChI=1S/C16H16FN3O/c1-2-21-12-7-5-11(6-8-12)15-14(10-18)20-9-3-4-13(17)16(20)19-15/h3-9H,2,10,18H2,1H3. The molecular formula is C16H16FN3O. The van der Waals surface area contributed by atoms with Gasteiger partial charge in [0.05, 0.1) is 18.0 Å². The number of hydrogen-bond donors (Lipinski definition) is 1. The van der Waals surface area contributed by atoms with Crippen molar-refractivity contribution in [1.82, 2.24) is 9.38 Å². The first kappa shape index (κ1) is 13.6. The highest BCUT2D eigenvalue weighted by molar-refractivity contribution is 5.67. The summed E-state index contributed by atoms with van der Waals surface area (Å²) in [6, 6.07) is 10.6. The average molecular weight is 285 g/mol. The van der Waals surface area contributed by atoms with Crippen LogP contribution in [0.5, 0.6) is 5.75 Å². The third-order valence-electron chi connectivity index (χ3n) is 3.33. The largest absolute Gasteiger partial charge is 0.494 e. The van der Waals surface area contributed by atoms with Gasteiger partial charge in [-0.05, 0) is 43.3 Å². The first-order chi connectivity index (χ1) is 10.2. The Hall–Kier alpha value is -2.40. The van der Waals surface area contributed by atoms with Crippen LogP contribution in [0.2, 0.25) is 0 Å². The van der Waals surface area contributed by atoms with E-state index >= 15 is 0 Å². The highest BCUT2D eigenvalue weighted by Crippen LogP contribution is 2.27. The van der Waals surface area contributed by atoms with E-state index in [0.717, 1.165) is 17.0 Å². The van der Waals surface area contributed by atoms with Gasteiger partial charge in [-0.2, -0.15) is 0 Å².